The zero-order chi connectivity index (χ0) is 21.7. The Bertz CT molecular complexity index is 1050. The van der Waals surface area contributed by atoms with Crippen molar-refractivity contribution in [2.45, 2.75) is 6.18 Å². The molecule has 2 N–H and O–H groups in total. The third kappa shape index (κ3) is 5.09. The van der Waals surface area contributed by atoms with Crippen molar-refractivity contribution in [3.63, 3.8) is 0 Å². The molecule has 0 radical (unpaired) electrons. The third-order valence-corrected chi connectivity index (χ3v) is 4.68. The van der Waals surface area contributed by atoms with Crippen LogP contribution in [0.4, 0.5) is 29.3 Å². The number of halogens is 3. The maximum absolute atomic E-state index is 13.1. The molecule has 6 nitrogen and oxygen atoms in total. The van der Waals surface area contributed by atoms with E-state index in [-0.39, 0.29) is 22.1 Å². The van der Waals surface area contributed by atoms with Gasteiger partial charge in [0.1, 0.15) is 0 Å². The summed E-state index contributed by atoms with van der Waals surface area (Å²) >= 11 is 1.05. The van der Waals surface area contributed by atoms with Crippen molar-refractivity contribution in [1.29, 1.82) is 0 Å². The number of anilines is 2. The highest BCUT2D eigenvalue weighted by Crippen LogP contribution is 2.38. The number of carbonyl (C=O) groups is 2. The highest BCUT2D eigenvalue weighted by atomic mass is 32.1. The highest BCUT2D eigenvalue weighted by molar-refractivity contribution is 7.12. The number of esters is 1. The largest absolute Gasteiger partial charge is 0.465 e. The first-order valence-corrected chi connectivity index (χ1v) is 9.34. The number of benzene rings is 2. The Morgan fingerprint density at radius 2 is 1.70 bits per heavy atom. The number of alkyl halides is 3. The number of carbonyl (C=O) groups excluding carboxylic acids is 2. The Labute approximate surface area is 173 Å². The standard InChI is InChI=1S/C20H15F3N2O4S/c1-28-18(26)17-16(9-10-30-17)29-15-8-7-12(20(21,22)23)11-14(15)25-19(27)24-13-5-3-2-4-6-13/h2-11H,1H3,(H2,24,25,27). The van der Waals surface area contributed by atoms with Gasteiger partial charge >= 0.3 is 18.2 Å². The van der Waals surface area contributed by atoms with Crippen LogP contribution in [-0.2, 0) is 10.9 Å². The number of para-hydroxylation sites is 1. The van der Waals surface area contributed by atoms with E-state index in [9.17, 15) is 22.8 Å². The van der Waals surface area contributed by atoms with Crippen molar-refractivity contribution in [1.82, 2.24) is 0 Å². The summed E-state index contributed by atoms with van der Waals surface area (Å²) < 4.78 is 49.7. The number of hydrogen-bond donors (Lipinski definition) is 2. The van der Waals surface area contributed by atoms with E-state index in [0.29, 0.717) is 5.69 Å². The van der Waals surface area contributed by atoms with E-state index in [1.807, 2.05) is 0 Å². The first-order valence-electron chi connectivity index (χ1n) is 8.46. The number of nitrogens with one attached hydrogen (secondary N) is 2. The summed E-state index contributed by atoms with van der Waals surface area (Å²) in [5, 5.41) is 6.44. The van der Waals surface area contributed by atoms with Crippen molar-refractivity contribution in [2.75, 3.05) is 17.7 Å². The van der Waals surface area contributed by atoms with Gasteiger partial charge in [-0.1, -0.05) is 18.2 Å². The van der Waals surface area contributed by atoms with Gasteiger partial charge in [-0.25, -0.2) is 9.59 Å². The van der Waals surface area contributed by atoms with E-state index in [2.05, 4.69) is 15.4 Å². The minimum Gasteiger partial charge on any atom is -0.465 e. The average Bonchev–Trinajstić information content (AvgIpc) is 3.16. The van der Waals surface area contributed by atoms with Crippen molar-refractivity contribution >= 4 is 34.7 Å². The zero-order valence-corrected chi connectivity index (χ0v) is 16.3. The van der Waals surface area contributed by atoms with E-state index in [1.54, 1.807) is 35.7 Å². The molecule has 0 aliphatic heterocycles. The fourth-order valence-corrected chi connectivity index (χ4v) is 3.17. The Kier molecular flexibility index (Phi) is 6.26. The maximum atomic E-state index is 13.1. The summed E-state index contributed by atoms with van der Waals surface area (Å²) in [6, 6.07) is 11.7. The number of ether oxygens (including phenoxy) is 2. The molecule has 0 unspecified atom stereocenters. The lowest BCUT2D eigenvalue weighted by molar-refractivity contribution is -0.137. The molecule has 3 rings (SSSR count). The molecule has 0 aliphatic carbocycles. The molecule has 0 bridgehead atoms. The van der Waals surface area contributed by atoms with Crippen LogP contribution in [0.15, 0.2) is 60.0 Å². The van der Waals surface area contributed by atoms with E-state index in [4.69, 9.17) is 4.74 Å². The quantitative estimate of drug-likeness (QED) is 0.482. The molecule has 0 saturated heterocycles. The Morgan fingerprint density at radius 3 is 2.37 bits per heavy atom. The predicted octanol–water partition coefficient (Wildman–Crippen LogP) is 5.99. The Balaban J connectivity index is 1.90. The summed E-state index contributed by atoms with van der Waals surface area (Å²) in [7, 11) is 1.20. The molecule has 0 saturated carbocycles. The average molecular weight is 436 g/mol. The van der Waals surface area contributed by atoms with Gasteiger partial charge in [0.05, 0.1) is 18.4 Å². The van der Waals surface area contributed by atoms with Crippen LogP contribution in [0, 0.1) is 0 Å². The lowest BCUT2D eigenvalue weighted by atomic mass is 10.1. The molecule has 156 valence electrons. The summed E-state index contributed by atoms with van der Waals surface area (Å²) in [4.78, 5) is 24.2. The second-order valence-electron chi connectivity index (χ2n) is 5.86. The first-order chi connectivity index (χ1) is 14.3. The van der Waals surface area contributed by atoms with Crippen LogP contribution in [0.5, 0.6) is 11.5 Å². The molecule has 3 aromatic rings. The molecule has 0 aliphatic rings. The van der Waals surface area contributed by atoms with Gasteiger partial charge in [0.2, 0.25) is 0 Å². The lowest BCUT2D eigenvalue weighted by Gasteiger charge is -2.15. The second-order valence-corrected chi connectivity index (χ2v) is 6.78. The van der Waals surface area contributed by atoms with E-state index >= 15 is 0 Å². The maximum Gasteiger partial charge on any atom is 0.416 e. The van der Waals surface area contributed by atoms with Gasteiger partial charge < -0.3 is 20.1 Å². The van der Waals surface area contributed by atoms with Crippen LogP contribution >= 0.6 is 11.3 Å². The van der Waals surface area contributed by atoms with Gasteiger partial charge in [-0.2, -0.15) is 13.2 Å². The molecule has 1 heterocycles. The van der Waals surface area contributed by atoms with Crippen LogP contribution in [0.2, 0.25) is 0 Å². The molecule has 10 heteroatoms. The van der Waals surface area contributed by atoms with Crippen molar-refractivity contribution in [2.24, 2.45) is 0 Å². The number of rotatable bonds is 5. The zero-order valence-electron chi connectivity index (χ0n) is 15.4. The molecular formula is C20H15F3N2O4S. The smallest absolute Gasteiger partial charge is 0.416 e. The molecule has 0 fully saturated rings. The van der Waals surface area contributed by atoms with Crippen molar-refractivity contribution < 1.29 is 32.2 Å². The third-order valence-electron chi connectivity index (χ3n) is 3.81. The molecule has 2 aromatic carbocycles. The Morgan fingerprint density at radius 1 is 0.967 bits per heavy atom. The van der Waals surface area contributed by atoms with Crippen LogP contribution in [0.3, 0.4) is 0 Å². The van der Waals surface area contributed by atoms with Crippen LogP contribution in [0.1, 0.15) is 15.2 Å². The van der Waals surface area contributed by atoms with Gasteiger partial charge in [-0.3, -0.25) is 0 Å². The van der Waals surface area contributed by atoms with Crippen LogP contribution < -0.4 is 15.4 Å². The molecule has 0 spiro atoms. The SMILES string of the molecule is COC(=O)c1sccc1Oc1ccc(C(F)(F)F)cc1NC(=O)Nc1ccccc1. The fraction of sp³-hybridized carbons (Fsp3) is 0.100. The van der Waals surface area contributed by atoms with Crippen LogP contribution in [0.25, 0.3) is 0 Å². The van der Waals surface area contributed by atoms with Crippen molar-refractivity contribution in [3.05, 3.63) is 70.4 Å². The number of thiophene rings is 1. The number of hydrogen-bond acceptors (Lipinski definition) is 5. The van der Waals surface area contributed by atoms with Crippen LogP contribution in [-0.4, -0.2) is 19.1 Å². The Hall–Kier alpha value is -3.53. The fourth-order valence-electron chi connectivity index (χ4n) is 2.44. The van der Waals surface area contributed by atoms with E-state index in [1.165, 1.54) is 13.2 Å². The summed E-state index contributed by atoms with van der Waals surface area (Å²) in [6.07, 6.45) is -4.62. The lowest BCUT2D eigenvalue weighted by Crippen LogP contribution is -2.20. The normalized spacial score (nSPS) is 10.9. The predicted molar refractivity (Wildman–Crippen MR) is 106 cm³/mol. The summed E-state index contributed by atoms with van der Waals surface area (Å²) in [6.45, 7) is 0. The van der Waals surface area contributed by atoms with E-state index < -0.39 is 23.7 Å². The molecule has 1 aromatic heterocycles. The second kappa shape index (κ2) is 8.87. The minimum absolute atomic E-state index is 0.0743. The van der Waals surface area contributed by atoms with Gasteiger partial charge in [0.15, 0.2) is 16.4 Å². The molecule has 0 atom stereocenters. The summed E-state index contributed by atoms with van der Waals surface area (Å²) in [5.74, 6) is -0.629. The molecule has 2 amide bonds. The highest BCUT2D eigenvalue weighted by Gasteiger charge is 2.31. The van der Waals surface area contributed by atoms with Gasteiger partial charge in [-0.15, -0.1) is 11.3 Å². The first kappa shape index (κ1) is 21.2. The summed E-state index contributed by atoms with van der Waals surface area (Å²) in [5.41, 5.74) is -0.737. The van der Waals surface area contributed by atoms with Gasteiger partial charge in [0, 0.05) is 5.69 Å². The van der Waals surface area contributed by atoms with E-state index in [0.717, 1.165) is 29.5 Å². The molecular weight excluding hydrogens is 421 g/mol. The van der Waals surface area contributed by atoms with Gasteiger partial charge in [-0.05, 0) is 41.8 Å². The minimum atomic E-state index is -4.62. The van der Waals surface area contributed by atoms with Gasteiger partial charge in [0.25, 0.3) is 0 Å². The number of urea groups is 1. The van der Waals surface area contributed by atoms with Crippen molar-refractivity contribution in [3.8, 4) is 11.5 Å². The monoisotopic (exact) mass is 436 g/mol. The number of methoxy groups -OCH3 is 1. The topological polar surface area (TPSA) is 76.7 Å². The number of amides is 2. The molecule has 30 heavy (non-hydrogen) atoms.